The van der Waals surface area contributed by atoms with Gasteiger partial charge in [0.2, 0.25) is 11.8 Å². The molecule has 4 aromatic rings. The van der Waals surface area contributed by atoms with Crippen LogP contribution < -0.4 is 5.32 Å². The molecule has 49 heavy (non-hydrogen) atoms. The Balaban J connectivity index is 0.000000154. The van der Waals surface area contributed by atoms with Gasteiger partial charge >= 0.3 is 0 Å². The van der Waals surface area contributed by atoms with Crippen molar-refractivity contribution in [1.29, 1.82) is 0 Å². The lowest BCUT2D eigenvalue weighted by molar-refractivity contribution is -0.138. The highest BCUT2D eigenvalue weighted by molar-refractivity contribution is 5.88. The van der Waals surface area contributed by atoms with E-state index < -0.39 is 23.3 Å². The number of piperazine rings is 2. The lowest BCUT2D eigenvalue weighted by Gasteiger charge is -2.39. The Morgan fingerprint density at radius 1 is 0.633 bits per heavy atom. The quantitative estimate of drug-likeness (QED) is 0.266. The molecule has 10 heteroatoms. The van der Waals surface area contributed by atoms with Crippen LogP contribution in [-0.4, -0.2) is 71.8 Å². The van der Waals surface area contributed by atoms with Gasteiger partial charge in [0.15, 0.2) is 0 Å². The fraction of sp³-hybridized carbons (Fsp3) is 0.231. The number of carbonyl (C=O) groups excluding carboxylic acids is 2. The van der Waals surface area contributed by atoms with Crippen molar-refractivity contribution < 1.29 is 27.2 Å². The number of benzene rings is 4. The summed E-state index contributed by atoms with van der Waals surface area (Å²) in [5.41, 5.74) is 3.71. The second-order valence-electron chi connectivity index (χ2n) is 12.7. The van der Waals surface area contributed by atoms with Gasteiger partial charge in [-0.2, -0.15) is 0 Å². The standard InChI is InChI=1S/C20H18F2N2O.C19H16F2N2O/c1-23-11-19-16(15-9-14(21)7-8-17(15)22)10-18(24(19)20(25)12-23)13-5-3-2-4-6-13;20-13-6-7-16(21)14(8-13)15-9-17(12-4-2-1-3-5-12)23-18(15)10-22-11-19(23)24/h2-10,18-19H,11-12H2,1H3;1-9,17-18,22H,10-11H2/t18-,19-;17-,18-/m00/s1. The monoisotopic (exact) mass is 666 g/mol. The largest absolute Gasteiger partial charge is 0.323 e. The minimum Gasteiger partial charge on any atom is -0.323 e. The third-order valence-electron chi connectivity index (χ3n) is 9.50. The van der Waals surface area contributed by atoms with E-state index in [1.807, 2.05) is 84.8 Å². The van der Waals surface area contributed by atoms with Gasteiger partial charge in [-0.3, -0.25) is 14.5 Å². The van der Waals surface area contributed by atoms with E-state index in [1.165, 1.54) is 12.1 Å². The Morgan fingerprint density at radius 2 is 1.12 bits per heavy atom. The molecule has 6 nitrogen and oxygen atoms in total. The Labute approximate surface area is 281 Å². The van der Waals surface area contributed by atoms with Crippen LogP contribution in [0.1, 0.15) is 34.3 Å². The highest BCUT2D eigenvalue weighted by Gasteiger charge is 2.44. The van der Waals surface area contributed by atoms with Crippen molar-refractivity contribution in [3.63, 3.8) is 0 Å². The highest BCUT2D eigenvalue weighted by atomic mass is 19.1. The zero-order valence-corrected chi connectivity index (χ0v) is 26.7. The number of nitrogens with zero attached hydrogens (tertiary/aromatic N) is 3. The molecule has 4 aromatic carbocycles. The number of amides is 2. The third kappa shape index (κ3) is 6.29. The van der Waals surface area contributed by atoms with Crippen molar-refractivity contribution in [3.05, 3.63) is 155 Å². The molecule has 0 bridgehead atoms. The lowest BCUT2D eigenvalue weighted by Crippen LogP contribution is -2.54. The van der Waals surface area contributed by atoms with Crippen molar-refractivity contribution in [2.24, 2.45) is 0 Å². The second-order valence-corrected chi connectivity index (χ2v) is 12.7. The lowest BCUT2D eigenvalue weighted by atomic mass is 9.97. The molecule has 0 aromatic heterocycles. The maximum absolute atomic E-state index is 14.4. The van der Waals surface area contributed by atoms with E-state index in [-0.39, 0.29) is 53.7 Å². The number of halogens is 4. The Morgan fingerprint density at radius 3 is 1.65 bits per heavy atom. The number of nitrogens with one attached hydrogen (secondary N) is 1. The first-order valence-corrected chi connectivity index (χ1v) is 16.2. The zero-order valence-electron chi connectivity index (χ0n) is 26.7. The van der Waals surface area contributed by atoms with Crippen LogP contribution in [0.15, 0.2) is 109 Å². The van der Waals surface area contributed by atoms with Crippen LogP contribution >= 0.6 is 0 Å². The Bertz CT molecular complexity index is 1950. The fourth-order valence-corrected chi connectivity index (χ4v) is 7.33. The predicted octanol–water partition coefficient (Wildman–Crippen LogP) is 6.15. The van der Waals surface area contributed by atoms with Crippen LogP contribution in [0, 0.1) is 23.3 Å². The van der Waals surface area contributed by atoms with E-state index in [1.54, 1.807) is 9.80 Å². The van der Waals surface area contributed by atoms with E-state index in [2.05, 4.69) is 5.32 Å². The van der Waals surface area contributed by atoms with E-state index in [0.29, 0.717) is 30.8 Å². The molecule has 4 aliphatic rings. The van der Waals surface area contributed by atoms with Gasteiger partial charge in [-0.25, -0.2) is 17.6 Å². The van der Waals surface area contributed by atoms with Gasteiger partial charge in [-0.15, -0.1) is 0 Å². The third-order valence-corrected chi connectivity index (χ3v) is 9.50. The number of rotatable bonds is 4. The molecule has 2 fully saturated rings. The summed E-state index contributed by atoms with van der Waals surface area (Å²) in [6.45, 7) is 1.70. The summed E-state index contributed by atoms with van der Waals surface area (Å²) in [5, 5.41) is 3.06. The molecule has 2 amide bonds. The van der Waals surface area contributed by atoms with Crippen molar-refractivity contribution in [2.75, 3.05) is 33.2 Å². The fourth-order valence-electron chi connectivity index (χ4n) is 7.33. The Hall–Kier alpha value is -5.06. The summed E-state index contributed by atoms with van der Waals surface area (Å²) in [6, 6.07) is 25.1. The summed E-state index contributed by atoms with van der Waals surface area (Å²) in [4.78, 5) is 30.6. The Kier molecular flexibility index (Phi) is 8.92. The summed E-state index contributed by atoms with van der Waals surface area (Å²) in [5.74, 6) is -1.96. The first-order valence-electron chi connectivity index (χ1n) is 16.2. The maximum atomic E-state index is 14.4. The van der Waals surface area contributed by atoms with E-state index >= 15 is 0 Å². The number of fused-ring (bicyclic) bond motifs is 2. The van der Waals surface area contributed by atoms with Crippen LogP contribution in [0.3, 0.4) is 0 Å². The summed E-state index contributed by atoms with van der Waals surface area (Å²) in [6.07, 6.45) is 3.78. The summed E-state index contributed by atoms with van der Waals surface area (Å²) in [7, 11) is 1.87. The van der Waals surface area contributed by atoms with E-state index in [4.69, 9.17) is 0 Å². The molecule has 4 heterocycles. The van der Waals surface area contributed by atoms with Crippen molar-refractivity contribution >= 4 is 23.0 Å². The van der Waals surface area contributed by atoms with Crippen LogP contribution in [0.5, 0.6) is 0 Å². The van der Waals surface area contributed by atoms with Crippen molar-refractivity contribution in [3.8, 4) is 0 Å². The van der Waals surface area contributed by atoms with Crippen LogP contribution in [-0.2, 0) is 9.59 Å². The number of hydrogen-bond acceptors (Lipinski definition) is 4. The molecule has 4 aliphatic heterocycles. The first-order chi connectivity index (χ1) is 23.7. The molecule has 0 saturated carbocycles. The molecule has 8 rings (SSSR count). The van der Waals surface area contributed by atoms with Crippen LogP contribution in [0.4, 0.5) is 17.6 Å². The topological polar surface area (TPSA) is 55.9 Å². The van der Waals surface area contributed by atoms with E-state index in [0.717, 1.165) is 35.4 Å². The number of likely N-dealkylation sites (N-methyl/N-ethyl adjacent to an activating group) is 1. The first kappa shape index (κ1) is 32.5. The van der Waals surface area contributed by atoms with Crippen molar-refractivity contribution in [2.45, 2.75) is 24.2 Å². The van der Waals surface area contributed by atoms with Gasteiger partial charge in [-0.1, -0.05) is 72.8 Å². The van der Waals surface area contributed by atoms with Gasteiger partial charge in [0, 0.05) is 24.2 Å². The predicted molar refractivity (Wildman–Crippen MR) is 179 cm³/mol. The molecule has 0 aliphatic carbocycles. The molecule has 250 valence electrons. The molecule has 4 atom stereocenters. The second kappa shape index (κ2) is 13.4. The summed E-state index contributed by atoms with van der Waals surface area (Å²) < 4.78 is 56.0. The molecular formula is C39H34F4N4O2. The SMILES string of the molecule is CN1CC(=O)N2[C@@H](C1)C(c1cc(F)ccc1F)=C[C@H]2c1ccccc1.O=C1CNC[C@H]2C(c3cc(F)ccc3F)=C[C@@H](c3ccccc3)N12. The van der Waals surface area contributed by atoms with Gasteiger partial charge in [0.25, 0.3) is 0 Å². The van der Waals surface area contributed by atoms with Crippen molar-refractivity contribution in [1.82, 2.24) is 20.0 Å². The average molecular weight is 667 g/mol. The van der Waals surface area contributed by atoms with Crippen LogP contribution in [0.25, 0.3) is 11.1 Å². The molecule has 0 radical (unpaired) electrons. The summed E-state index contributed by atoms with van der Waals surface area (Å²) >= 11 is 0. The molecule has 2 saturated heterocycles. The number of hydrogen-bond donors (Lipinski definition) is 1. The van der Waals surface area contributed by atoms with Crippen LogP contribution in [0.2, 0.25) is 0 Å². The molecule has 0 spiro atoms. The maximum Gasteiger partial charge on any atom is 0.238 e. The normalized spacial score (nSPS) is 23.4. The van der Waals surface area contributed by atoms with Gasteiger partial charge in [0.05, 0.1) is 37.3 Å². The van der Waals surface area contributed by atoms with Gasteiger partial charge in [0.1, 0.15) is 23.3 Å². The average Bonchev–Trinajstić information content (AvgIpc) is 3.68. The van der Waals surface area contributed by atoms with E-state index in [9.17, 15) is 27.2 Å². The molecule has 1 N–H and O–H groups in total. The molecular weight excluding hydrogens is 632 g/mol. The zero-order chi connectivity index (χ0) is 34.2. The highest BCUT2D eigenvalue weighted by Crippen LogP contribution is 2.43. The minimum atomic E-state index is -0.489. The van der Waals surface area contributed by atoms with Gasteiger partial charge < -0.3 is 15.1 Å². The number of carbonyl (C=O) groups is 2. The minimum absolute atomic E-state index is 0.00401. The smallest absolute Gasteiger partial charge is 0.238 e. The molecule has 0 unspecified atom stereocenters. The van der Waals surface area contributed by atoms with Gasteiger partial charge in [-0.05, 0) is 65.7 Å².